The summed E-state index contributed by atoms with van der Waals surface area (Å²) in [6, 6.07) is 0. The highest BCUT2D eigenvalue weighted by atomic mass is 14.2. The van der Waals surface area contributed by atoms with E-state index in [-0.39, 0.29) is 0 Å². The molecule has 0 aliphatic rings. The van der Waals surface area contributed by atoms with E-state index in [1.807, 2.05) is 0 Å². The van der Waals surface area contributed by atoms with Crippen molar-refractivity contribution < 1.29 is 0 Å². The van der Waals surface area contributed by atoms with Crippen LogP contribution >= 0.6 is 0 Å². The quantitative estimate of drug-likeness (QED) is 0.245. The maximum atomic E-state index is 2.45. The van der Waals surface area contributed by atoms with Crippen molar-refractivity contribution in [3.05, 3.63) is 12.2 Å². The minimum Gasteiger partial charge on any atom is -0.0885 e. The number of hydrogen-bond acceptors (Lipinski definition) is 0. The Morgan fingerprint density at radius 1 is 0.789 bits per heavy atom. The summed E-state index contributed by atoms with van der Waals surface area (Å²) in [7, 11) is 0. The number of unbranched alkanes of at least 4 members (excludes halogenated alkanes) is 4. The summed E-state index contributed by atoms with van der Waals surface area (Å²) in [5, 5.41) is 0. The molecule has 0 saturated carbocycles. The Morgan fingerprint density at radius 2 is 1.42 bits per heavy atom. The lowest BCUT2D eigenvalue weighted by atomic mass is 9.87. The Hall–Kier alpha value is -0.260. The van der Waals surface area contributed by atoms with E-state index < -0.39 is 0 Å². The molecule has 0 rings (SSSR count). The van der Waals surface area contributed by atoms with E-state index in [2.05, 4.69) is 39.8 Å². The van der Waals surface area contributed by atoms with Gasteiger partial charge in [0, 0.05) is 0 Å². The molecule has 0 aromatic carbocycles. The number of hydrogen-bond donors (Lipinski definition) is 0. The molecule has 0 aliphatic heterocycles. The maximum absolute atomic E-state index is 2.45. The topological polar surface area (TPSA) is 0 Å². The number of allylic oxidation sites excluding steroid dienone is 2. The second-order valence-electron chi connectivity index (χ2n) is 6.30. The summed E-state index contributed by atoms with van der Waals surface area (Å²) in [5.41, 5.74) is 0. The van der Waals surface area contributed by atoms with Gasteiger partial charge in [0.1, 0.15) is 0 Å². The van der Waals surface area contributed by atoms with Gasteiger partial charge in [0.25, 0.3) is 0 Å². The van der Waals surface area contributed by atoms with E-state index in [4.69, 9.17) is 0 Å². The maximum Gasteiger partial charge on any atom is -0.0351 e. The van der Waals surface area contributed by atoms with Crippen LogP contribution in [0.3, 0.4) is 0 Å². The summed E-state index contributed by atoms with van der Waals surface area (Å²) in [5.74, 6) is 1.90. The van der Waals surface area contributed by atoms with Crippen LogP contribution in [0.2, 0.25) is 0 Å². The van der Waals surface area contributed by atoms with Gasteiger partial charge in [-0.1, -0.05) is 84.8 Å². The molecule has 0 aromatic rings. The van der Waals surface area contributed by atoms with E-state index in [0.717, 1.165) is 11.8 Å². The first-order valence-electron chi connectivity index (χ1n) is 8.89. The van der Waals surface area contributed by atoms with Crippen LogP contribution in [0.1, 0.15) is 98.3 Å². The van der Waals surface area contributed by atoms with E-state index in [1.165, 1.54) is 70.6 Å². The van der Waals surface area contributed by atoms with Crippen LogP contribution in [0.15, 0.2) is 12.2 Å². The van der Waals surface area contributed by atoms with Crippen LogP contribution < -0.4 is 0 Å². The lowest BCUT2D eigenvalue weighted by molar-refractivity contribution is 0.336. The van der Waals surface area contributed by atoms with Crippen LogP contribution in [0, 0.1) is 11.8 Å². The van der Waals surface area contributed by atoms with Crippen LogP contribution in [0.4, 0.5) is 0 Å². The molecular weight excluding hydrogens is 228 g/mol. The highest BCUT2D eigenvalue weighted by Crippen LogP contribution is 2.24. The van der Waals surface area contributed by atoms with Crippen molar-refractivity contribution in [2.24, 2.45) is 11.8 Å². The molecule has 0 heterocycles. The van der Waals surface area contributed by atoms with Crippen molar-refractivity contribution >= 4 is 0 Å². The number of rotatable bonds is 13. The Labute approximate surface area is 123 Å². The predicted octanol–water partition coefficient (Wildman–Crippen LogP) is 7.15. The summed E-state index contributed by atoms with van der Waals surface area (Å²) < 4.78 is 0. The summed E-state index contributed by atoms with van der Waals surface area (Å²) in [4.78, 5) is 0. The molecule has 0 heteroatoms. The molecule has 0 radical (unpaired) electrons. The fraction of sp³-hybridized carbons (Fsp3) is 0.895. The Morgan fingerprint density at radius 3 is 2.00 bits per heavy atom. The van der Waals surface area contributed by atoms with Crippen molar-refractivity contribution in [2.75, 3.05) is 0 Å². The monoisotopic (exact) mass is 266 g/mol. The van der Waals surface area contributed by atoms with Gasteiger partial charge in [-0.15, -0.1) is 0 Å². The summed E-state index contributed by atoms with van der Waals surface area (Å²) in [6.07, 6.45) is 19.9. The highest BCUT2D eigenvalue weighted by molar-refractivity contribution is 4.81. The Kier molecular flexibility index (Phi) is 14.0. The summed E-state index contributed by atoms with van der Waals surface area (Å²) >= 11 is 0. The van der Waals surface area contributed by atoms with Crippen molar-refractivity contribution in [3.63, 3.8) is 0 Å². The third kappa shape index (κ3) is 12.5. The van der Waals surface area contributed by atoms with Gasteiger partial charge in [0.2, 0.25) is 0 Å². The van der Waals surface area contributed by atoms with Gasteiger partial charge >= 0.3 is 0 Å². The Bertz CT molecular complexity index is 192. The van der Waals surface area contributed by atoms with E-state index in [1.54, 1.807) is 0 Å². The molecule has 0 N–H and O–H groups in total. The summed E-state index contributed by atoms with van der Waals surface area (Å²) in [6.45, 7) is 9.39. The van der Waals surface area contributed by atoms with Gasteiger partial charge in [-0.25, -0.2) is 0 Å². The Balaban J connectivity index is 3.56. The average molecular weight is 267 g/mol. The third-order valence-corrected chi connectivity index (χ3v) is 4.24. The standard InChI is InChI=1S/C19H38/c1-5-8-10-11-12-13-14-15-18(4)17-19(7-3)16-9-6-2/h11-12,18-19H,5-10,13-17H2,1-4H3. The predicted molar refractivity (Wildman–Crippen MR) is 89.6 cm³/mol. The lowest BCUT2D eigenvalue weighted by Gasteiger charge is -2.19. The second-order valence-corrected chi connectivity index (χ2v) is 6.30. The highest BCUT2D eigenvalue weighted by Gasteiger charge is 2.10. The first-order valence-corrected chi connectivity index (χ1v) is 8.89. The zero-order chi connectivity index (χ0) is 14.3. The first-order chi connectivity index (χ1) is 9.24. The molecule has 2 atom stereocenters. The molecule has 0 nitrogen and oxygen atoms in total. The van der Waals surface area contributed by atoms with Crippen molar-refractivity contribution in [1.29, 1.82) is 0 Å². The molecule has 0 fully saturated rings. The molecule has 0 aliphatic carbocycles. The largest absolute Gasteiger partial charge is 0.0885 e. The van der Waals surface area contributed by atoms with Gasteiger partial charge in [0.15, 0.2) is 0 Å². The van der Waals surface area contributed by atoms with E-state index in [9.17, 15) is 0 Å². The fourth-order valence-electron chi connectivity index (χ4n) is 2.81. The molecule has 0 bridgehead atoms. The van der Waals surface area contributed by atoms with Crippen molar-refractivity contribution in [1.82, 2.24) is 0 Å². The molecule has 0 saturated heterocycles. The van der Waals surface area contributed by atoms with Gasteiger partial charge in [-0.2, -0.15) is 0 Å². The molecule has 19 heavy (non-hydrogen) atoms. The normalized spacial score (nSPS) is 14.9. The molecular formula is C19H38. The molecule has 114 valence electrons. The van der Waals surface area contributed by atoms with Crippen molar-refractivity contribution in [3.8, 4) is 0 Å². The van der Waals surface area contributed by atoms with Gasteiger partial charge in [-0.05, 0) is 37.5 Å². The van der Waals surface area contributed by atoms with Crippen LogP contribution in [-0.2, 0) is 0 Å². The van der Waals surface area contributed by atoms with Gasteiger partial charge in [-0.3, -0.25) is 0 Å². The molecule has 0 aromatic heterocycles. The van der Waals surface area contributed by atoms with Crippen LogP contribution in [-0.4, -0.2) is 0 Å². The molecule has 2 unspecified atom stereocenters. The third-order valence-electron chi connectivity index (χ3n) is 4.24. The van der Waals surface area contributed by atoms with Crippen LogP contribution in [0.25, 0.3) is 0 Å². The zero-order valence-electron chi connectivity index (χ0n) is 14.1. The fourth-order valence-corrected chi connectivity index (χ4v) is 2.81. The van der Waals surface area contributed by atoms with Crippen molar-refractivity contribution in [2.45, 2.75) is 98.3 Å². The zero-order valence-corrected chi connectivity index (χ0v) is 14.1. The SMILES string of the molecule is CCCCC=CCCCC(C)CC(CC)CCCC. The first kappa shape index (κ1) is 18.7. The molecule has 0 amide bonds. The lowest BCUT2D eigenvalue weighted by Crippen LogP contribution is -2.06. The second kappa shape index (κ2) is 14.2. The van der Waals surface area contributed by atoms with Crippen LogP contribution in [0.5, 0.6) is 0 Å². The van der Waals surface area contributed by atoms with Gasteiger partial charge in [0.05, 0.1) is 0 Å². The van der Waals surface area contributed by atoms with E-state index >= 15 is 0 Å². The van der Waals surface area contributed by atoms with E-state index in [0.29, 0.717) is 0 Å². The van der Waals surface area contributed by atoms with Gasteiger partial charge < -0.3 is 0 Å². The average Bonchev–Trinajstić information content (AvgIpc) is 2.42. The smallest absolute Gasteiger partial charge is 0.0351 e. The minimum atomic E-state index is 0.922. The minimum absolute atomic E-state index is 0.922. The molecule has 0 spiro atoms.